The molecule has 3 aliphatic rings. The summed E-state index contributed by atoms with van der Waals surface area (Å²) in [5, 5.41) is 13.9. The average Bonchev–Trinajstić information content (AvgIpc) is 3.08. The van der Waals surface area contributed by atoms with Crippen molar-refractivity contribution in [3.8, 4) is 5.75 Å². The van der Waals surface area contributed by atoms with Gasteiger partial charge in [0.2, 0.25) is 5.91 Å². The Labute approximate surface area is 162 Å². The van der Waals surface area contributed by atoms with Gasteiger partial charge in [-0.05, 0) is 53.9 Å². The lowest BCUT2D eigenvalue weighted by Crippen LogP contribution is -2.59. The molecule has 2 N–H and O–H groups in total. The maximum Gasteiger partial charge on any atom is 0.220 e. The molecule has 1 unspecified atom stereocenters. The number of fused-ring (bicyclic) bond motifs is 1. The van der Waals surface area contributed by atoms with Gasteiger partial charge in [0.05, 0.1) is 6.10 Å². The quantitative estimate of drug-likeness (QED) is 0.823. The highest BCUT2D eigenvalue weighted by Gasteiger charge is 2.68. The highest BCUT2D eigenvalue weighted by molar-refractivity contribution is 5.76. The van der Waals surface area contributed by atoms with Crippen molar-refractivity contribution in [3.05, 3.63) is 29.8 Å². The topological polar surface area (TPSA) is 58.6 Å². The van der Waals surface area contributed by atoms with Crippen molar-refractivity contribution in [2.75, 3.05) is 6.61 Å². The second-order valence-electron chi connectivity index (χ2n) is 10.00. The largest absolute Gasteiger partial charge is 0.508 e. The zero-order valence-electron chi connectivity index (χ0n) is 17.0. The number of rotatable bonds is 4. The van der Waals surface area contributed by atoms with Gasteiger partial charge in [-0.15, -0.1) is 0 Å². The van der Waals surface area contributed by atoms with E-state index in [2.05, 4.69) is 33.0 Å². The van der Waals surface area contributed by atoms with E-state index < -0.39 is 0 Å². The number of phenols is 1. The van der Waals surface area contributed by atoms with Crippen LogP contribution in [0.1, 0.15) is 65.0 Å². The monoisotopic (exact) mass is 371 g/mol. The van der Waals surface area contributed by atoms with Crippen molar-refractivity contribution >= 4 is 5.91 Å². The zero-order chi connectivity index (χ0) is 19.4. The van der Waals surface area contributed by atoms with Crippen molar-refractivity contribution in [3.63, 3.8) is 0 Å². The molecule has 1 amide bonds. The molecule has 4 heteroatoms. The number of hydrogen-bond donors (Lipinski definition) is 2. The molecule has 1 saturated heterocycles. The molecule has 148 valence electrons. The number of benzene rings is 1. The van der Waals surface area contributed by atoms with E-state index in [1.165, 1.54) is 0 Å². The maximum absolute atomic E-state index is 12.7. The van der Waals surface area contributed by atoms with Crippen LogP contribution in [0, 0.1) is 28.6 Å². The summed E-state index contributed by atoms with van der Waals surface area (Å²) in [6.07, 6.45) is 3.77. The van der Waals surface area contributed by atoms with Gasteiger partial charge in [-0.25, -0.2) is 0 Å². The molecule has 0 radical (unpaired) electrons. The lowest BCUT2D eigenvalue weighted by Gasteiger charge is -2.53. The molecule has 4 rings (SSSR count). The van der Waals surface area contributed by atoms with Crippen LogP contribution in [0.4, 0.5) is 0 Å². The third kappa shape index (κ3) is 2.88. The summed E-state index contributed by atoms with van der Waals surface area (Å²) in [6, 6.07) is 7.74. The van der Waals surface area contributed by atoms with Crippen LogP contribution >= 0.6 is 0 Å². The summed E-state index contributed by atoms with van der Waals surface area (Å²) < 4.78 is 6.22. The van der Waals surface area contributed by atoms with Crippen LogP contribution in [0.15, 0.2) is 24.3 Å². The number of phenolic OH excluding ortho intramolecular Hbond substituents is 1. The SMILES string of the molecule is CC(C)CC(=O)N[C@H]1C(C)(C)[C@@H]2C[C@@H]3[C@@H](c4ccccc4O)OCCC31C2. The van der Waals surface area contributed by atoms with E-state index >= 15 is 0 Å². The summed E-state index contributed by atoms with van der Waals surface area (Å²) in [4.78, 5) is 12.7. The van der Waals surface area contributed by atoms with Crippen LogP contribution < -0.4 is 5.32 Å². The van der Waals surface area contributed by atoms with Crippen LogP contribution in [0.5, 0.6) is 5.75 Å². The molecule has 2 bridgehead atoms. The Morgan fingerprint density at radius 1 is 1.33 bits per heavy atom. The van der Waals surface area contributed by atoms with Gasteiger partial charge in [-0.1, -0.05) is 45.9 Å². The number of carbonyl (C=O) groups excluding carboxylic acids is 1. The lowest BCUT2D eigenvalue weighted by molar-refractivity contribution is -0.138. The second kappa shape index (κ2) is 6.51. The van der Waals surface area contributed by atoms with Gasteiger partial charge in [0, 0.05) is 24.6 Å². The third-order valence-corrected chi connectivity index (χ3v) is 7.65. The fraction of sp³-hybridized carbons (Fsp3) is 0.696. The maximum atomic E-state index is 12.7. The Kier molecular flexibility index (Phi) is 4.53. The number of para-hydroxylation sites is 1. The summed E-state index contributed by atoms with van der Waals surface area (Å²) in [7, 11) is 0. The third-order valence-electron chi connectivity index (χ3n) is 7.65. The number of carbonyl (C=O) groups is 1. The molecule has 27 heavy (non-hydrogen) atoms. The van der Waals surface area contributed by atoms with Crippen molar-refractivity contribution < 1.29 is 14.6 Å². The molecule has 0 aromatic heterocycles. The highest BCUT2D eigenvalue weighted by atomic mass is 16.5. The summed E-state index contributed by atoms with van der Waals surface area (Å²) in [5.41, 5.74) is 1.08. The minimum absolute atomic E-state index is 0.0754. The number of amides is 1. The number of nitrogens with one attached hydrogen (secondary N) is 1. The van der Waals surface area contributed by atoms with Gasteiger partial charge >= 0.3 is 0 Å². The highest BCUT2D eigenvalue weighted by Crippen LogP contribution is 2.70. The van der Waals surface area contributed by atoms with E-state index in [0.29, 0.717) is 36.5 Å². The number of hydrogen-bond acceptors (Lipinski definition) is 3. The Balaban J connectivity index is 1.66. The van der Waals surface area contributed by atoms with E-state index in [-0.39, 0.29) is 28.9 Å². The van der Waals surface area contributed by atoms with Crippen LogP contribution in [0.25, 0.3) is 0 Å². The van der Waals surface area contributed by atoms with Crippen LogP contribution in [-0.4, -0.2) is 23.7 Å². The average molecular weight is 372 g/mol. The molecule has 3 fully saturated rings. The predicted octanol–water partition coefficient (Wildman–Crippen LogP) is 4.44. The fourth-order valence-electron chi connectivity index (χ4n) is 6.41. The smallest absolute Gasteiger partial charge is 0.220 e. The van der Waals surface area contributed by atoms with E-state index in [4.69, 9.17) is 4.74 Å². The molecule has 1 aliphatic heterocycles. The normalized spacial score (nSPS) is 36.6. The van der Waals surface area contributed by atoms with Gasteiger partial charge in [0.15, 0.2) is 0 Å². The number of ether oxygens (including phenoxy) is 1. The first kappa shape index (κ1) is 18.8. The minimum atomic E-state index is -0.0782. The molecule has 1 aromatic rings. The summed E-state index contributed by atoms with van der Waals surface area (Å²) in [5.74, 6) is 1.80. The molecule has 1 heterocycles. The first-order valence-electron chi connectivity index (χ1n) is 10.4. The van der Waals surface area contributed by atoms with E-state index in [0.717, 1.165) is 24.8 Å². The molecule has 2 aliphatic carbocycles. The van der Waals surface area contributed by atoms with E-state index in [1.807, 2.05) is 18.2 Å². The molecule has 1 spiro atoms. The molecule has 4 nitrogen and oxygen atoms in total. The fourth-order valence-corrected chi connectivity index (χ4v) is 6.41. The van der Waals surface area contributed by atoms with Crippen molar-refractivity contribution in [1.29, 1.82) is 0 Å². The molecule has 2 saturated carbocycles. The standard InChI is InChI=1S/C23H33NO3/c1-14(2)11-19(26)24-21-22(3,4)15-12-17-20(16-7-5-6-8-18(16)25)27-10-9-23(17,21)13-15/h5-8,14-15,17,20-21,25H,9-13H2,1-4H3,(H,24,26)/t15-,17-,20-,21+,23?/m1/s1. The zero-order valence-corrected chi connectivity index (χ0v) is 17.0. The first-order chi connectivity index (χ1) is 12.8. The van der Waals surface area contributed by atoms with Gasteiger partial charge in [0.25, 0.3) is 0 Å². The number of aromatic hydroxyl groups is 1. The molecule has 1 aromatic carbocycles. The van der Waals surface area contributed by atoms with Gasteiger partial charge < -0.3 is 15.2 Å². The molecule has 5 atom stereocenters. The predicted molar refractivity (Wildman–Crippen MR) is 105 cm³/mol. The second-order valence-corrected chi connectivity index (χ2v) is 10.00. The Morgan fingerprint density at radius 3 is 2.78 bits per heavy atom. The summed E-state index contributed by atoms with van der Waals surface area (Å²) >= 11 is 0. The minimum Gasteiger partial charge on any atom is -0.508 e. The van der Waals surface area contributed by atoms with Gasteiger partial charge in [0.1, 0.15) is 5.75 Å². The summed E-state index contributed by atoms with van der Waals surface area (Å²) in [6.45, 7) is 9.53. The van der Waals surface area contributed by atoms with Crippen molar-refractivity contribution in [2.45, 2.75) is 65.5 Å². The molecular weight excluding hydrogens is 338 g/mol. The lowest BCUT2D eigenvalue weighted by atomic mass is 9.58. The van der Waals surface area contributed by atoms with E-state index in [1.54, 1.807) is 6.07 Å². The Morgan fingerprint density at radius 2 is 2.07 bits per heavy atom. The Hall–Kier alpha value is -1.55. The first-order valence-corrected chi connectivity index (χ1v) is 10.4. The van der Waals surface area contributed by atoms with Crippen molar-refractivity contribution in [1.82, 2.24) is 5.32 Å². The molecular formula is C23H33NO3. The van der Waals surface area contributed by atoms with Crippen LogP contribution in [-0.2, 0) is 9.53 Å². The van der Waals surface area contributed by atoms with Crippen LogP contribution in [0.2, 0.25) is 0 Å². The van der Waals surface area contributed by atoms with Crippen molar-refractivity contribution in [2.24, 2.45) is 28.6 Å². The van der Waals surface area contributed by atoms with Gasteiger partial charge in [-0.2, -0.15) is 0 Å². The van der Waals surface area contributed by atoms with Crippen LogP contribution in [0.3, 0.4) is 0 Å². The van der Waals surface area contributed by atoms with Gasteiger partial charge in [-0.3, -0.25) is 4.79 Å². The Bertz CT molecular complexity index is 728. The van der Waals surface area contributed by atoms with E-state index in [9.17, 15) is 9.90 Å².